The van der Waals surface area contributed by atoms with Gasteiger partial charge in [0.1, 0.15) is 23.0 Å². The van der Waals surface area contributed by atoms with Crippen LogP contribution in [0.25, 0.3) is 22.5 Å². The van der Waals surface area contributed by atoms with Crippen molar-refractivity contribution in [3.63, 3.8) is 0 Å². The van der Waals surface area contributed by atoms with Crippen molar-refractivity contribution >= 4 is 17.3 Å². The molecule has 2 aromatic heterocycles. The molecule has 5 rings (SSSR count). The SMILES string of the molecule is COc1ccncc1-c1ccc(NC(=O)c2ccnc(-c3c(F)cccc3OC)n2)c(N2CCN[C@@H](C)C2)c1. The Labute approximate surface area is 226 Å². The van der Waals surface area contributed by atoms with Crippen molar-refractivity contribution in [2.45, 2.75) is 13.0 Å². The van der Waals surface area contributed by atoms with E-state index >= 15 is 0 Å². The Morgan fingerprint density at radius 2 is 1.95 bits per heavy atom. The largest absolute Gasteiger partial charge is 0.496 e. The molecule has 0 saturated carbocycles. The van der Waals surface area contributed by atoms with Gasteiger partial charge >= 0.3 is 0 Å². The third-order valence-electron chi connectivity index (χ3n) is 6.57. The van der Waals surface area contributed by atoms with Crippen molar-refractivity contribution in [2.75, 3.05) is 44.1 Å². The van der Waals surface area contributed by atoms with Crippen molar-refractivity contribution in [1.29, 1.82) is 0 Å². The van der Waals surface area contributed by atoms with E-state index in [1.807, 2.05) is 24.3 Å². The second-order valence-electron chi connectivity index (χ2n) is 9.15. The van der Waals surface area contributed by atoms with Crippen LogP contribution in [0.15, 0.2) is 67.1 Å². The molecule has 9 nitrogen and oxygen atoms in total. The van der Waals surface area contributed by atoms with Gasteiger partial charge < -0.3 is 25.0 Å². The maximum Gasteiger partial charge on any atom is 0.274 e. The minimum atomic E-state index is -0.538. The summed E-state index contributed by atoms with van der Waals surface area (Å²) in [6, 6.07) is 13.9. The van der Waals surface area contributed by atoms with Crippen molar-refractivity contribution in [3.05, 3.63) is 78.6 Å². The Morgan fingerprint density at radius 3 is 2.74 bits per heavy atom. The number of amides is 1. The Balaban J connectivity index is 1.50. The predicted molar refractivity (Wildman–Crippen MR) is 148 cm³/mol. The number of halogens is 1. The van der Waals surface area contributed by atoms with E-state index in [0.717, 1.165) is 36.4 Å². The van der Waals surface area contributed by atoms with Crippen molar-refractivity contribution < 1.29 is 18.7 Å². The monoisotopic (exact) mass is 528 g/mol. The van der Waals surface area contributed by atoms with E-state index in [1.54, 1.807) is 25.6 Å². The lowest BCUT2D eigenvalue weighted by Gasteiger charge is -2.35. The minimum absolute atomic E-state index is 0.0628. The van der Waals surface area contributed by atoms with E-state index in [-0.39, 0.29) is 28.9 Å². The number of rotatable bonds is 7. The van der Waals surface area contributed by atoms with Gasteiger partial charge in [-0.05, 0) is 48.9 Å². The van der Waals surface area contributed by atoms with Gasteiger partial charge in [-0.2, -0.15) is 0 Å². The molecule has 200 valence electrons. The second kappa shape index (κ2) is 11.4. The maximum atomic E-state index is 14.6. The Morgan fingerprint density at radius 1 is 1.10 bits per heavy atom. The Kier molecular flexibility index (Phi) is 7.64. The quantitative estimate of drug-likeness (QED) is 0.364. The molecule has 2 aromatic carbocycles. The summed E-state index contributed by atoms with van der Waals surface area (Å²) in [5, 5.41) is 6.46. The van der Waals surface area contributed by atoms with Crippen LogP contribution in [0.1, 0.15) is 17.4 Å². The number of hydrogen-bond donors (Lipinski definition) is 2. The fourth-order valence-electron chi connectivity index (χ4n) is 4.68. The molecule has 1 amide bonds. The molecule has 1 fully saturated rings. The molecule has 1 aliphatic heterocycles. The molecule has 10 heteroatoms. The average Bonchev–Trinajstić information content (AvgIpc) is 2.97. The molecule has 0 unspecified atom stereocenters. The normalized spacial score (nSPS) is 15.1. The number of methoxy groups -OCH3 is 2. The topological polar surface area (TPSA) is 102 Å². The molecule has 1 aliphatic rings. The number of anilines is 2. The van der Waals surface area contributed by atoms with Crippen LogP contribution in [0.2, 0.25) is 0 Å². The molecule has 3 heterocycles. The van der Waals surface area contributed by atoms with Crippen LogP contribution in [0, 0.1) is 5.82 Å². The number of piperazine rings is 1. The summed E-state index contributed by atoms with van der Waals surface area (Å²) in [6.45, 7) is 4.47. The highest BCUT2D eigenvalue weighted by Crippen LogP contribution is 2.36. The summed E-state index contributed by atoms with van der Waals surface area (Å²) >= 11 is 0. The maximum absolute atomic E-state index is 14.6. The molecular formula is C29H29FN6O3. The number of benzene rings is 2. The molecule has 39 heavy (non-hydrogen) atoms. The average molecular weight is 529 g/mol. The molecule has 0 bridgehead atoms. The fourth-order valence-corrected chi connectivity index (χ4v) is 4.68. The summed E-state index contributed by atoms with van der Waals surface area (Å²) in [4.78, 5) is 28.4. The summed E-state index contributed by atoms with van der Waals surface area (Å²) in [5.41, 5.74) is 3.45. The first-order valence-corrected chi connectivity index (χ1v) is 12.6. The summed E-state index contributed by atoms with van der Waals surface area (Å²) < 4.78 is 25.5. The van der Waals surface area contributed by atoms with Crippen molar-refractivity contribution in [1.82, 2.24) is 20.3 Å². The lowest BCUT2D eigenvalue weighted by molar-refractivity contribution is 0.102. The molecule has 1 atom stereocenters. The summed E-state index contributed by atoms with van der Waals surface area (Å²) in [5.74, 6) is 0.0731. The van der Waals surface area contributed by atoms with E-state index in [4.69, 9.17) is 9.47 Å². The zero-order chi connectivity index (χ0) is 27.4. The highest BCUT2D eigenvalue weighted by atomic mass is 19.1. The zero-order valence-electron chi connectivity index (χ0n) is 21.9. The number of ether oxygens (including phenoxy) is 2. The smallest absolute Gasteiger partial charge is 0.274 e. The third kappa shape index (κ3) is 5.51. The van der Waals surface area contributed by atoms with Crippen LogP contribution in [-0.2, 0) is 0 Å². The van der Waals surface area contributed by atoms with Gasteiger partial charge in [-0.15, -0.1) is 0 Å². The Bertz CT molecular complexity index is 1500. The molecular weight excluding hydrogens is 499 g/mol. The number of carbonyl (C=O) groups is 1. The number of pyridine rings is 1. The summed E-state index contributed by atoms with van der Waals surface area (Å²) in [6.07, 6.45) is 4.87. The van der Waals surface area contributed by atoms with Crippen molar-refractivity contribution in [3.8, 4) is 34.0 Å². The number of carbonyl (C=O) groups excluding carboxylic acids is 1. The third-order valence-corrected chi connectivity index (χ3v) is 6.57. The highest BCUT2D eigenvalue weighted by Gasteiger charge is 2.22. The van der Waals surface area contributed by atoms with Gasteiger partial charge in [0, 0.05) is 49.8 Å². The molecule has 0 spiro atoms. The molecule has 4 aromatic rings. The van der Waals surface area contributed by atoms with Gasteiger partial charge in [0.05, 0.1) is 31.2 Å². The number of nitrogens with zero attached hydrogens (tertiary/aromatic N) is 4. The number of aromatic nitrogens is 3. The first-order valence-electron chi connectivity index (χ1n) is 12.6. The van der Waals surface area contributed by atoms with Crippen LogP contribution in [0.4, 0.5) is 15.8 Å². The van der Waals surface area contributed by atoms with Gasteiger partial charge in [-0.1, -0.05) is 12.1 Å². The van der Waals surface area contributed by atoms with Gasteiger partial charge in [-0.25, -0.2) is 14.4 Å². The van der Waals surface area contributed by atoms with E-state index < -0.39 is 11.7 Å². The Hall–Kier alpha value is -4.57. The fraction of sp³-hybridized carbons (Fsp3) is 0.241. The van der Waals surface area contributed by atoms with Crippen LogP contribution < -0.4 is 25.0 Å². The first-order chi connectivity index (χ1) is 19.0. The number of hydrogen-bond acceptors (Lipinski definition) is 8. The molecule has 0 aliphatic carbocycles. The second-order valence-corrected chi connectivity index (χ2v) is 9.15. The van der Waals surface area contributed by atoms with Crippen LogP contribution >= 0.6 is 0 Å². The van der Waals surface area contributed by atoms with Gasteiger partial charge in [0.25, 0.3) is 5.91 Å². The standard InChI is InChI=1S/C29H29FN6O3/c1-18-17-36(14-13-32-18)24-15-19(20-16-31-11-10-25(20)38-2)7-8-22(24)35-29(37)23-9-12-33-28(34-23)27-21(30)5-4-6-26(27)39-3/h4-12,15-16,18,32H,13-14,17H2,1-3H3,(H,35,37)/t18-/m0/s1. The van der Waals surface area contributed by atoms with Gasteiger partial charge in [-0.3, -0.25) is 9.78 Å². The van der Waals surface area contributed by atoms with Crippen LogP contribution in [0.3, 0.4) is 0 Å². The molecule has 2 N–H and O–H groups in total. The van der Waals surface area contributed by atoms with E-state index in [9.17, 15) is 9.18 Å². The highest BCUT2D eigenvalue weighted by molar-refractivity contribution is 6.05. The van der Waals surface area contributed by atoms with E-state index in [1.165, 1.54) is 31.5 Å². The van der Waals surface area contributed by atoms with Gasteiger partial charge in [0.15, 0.2) is 5.82 Å². The lowest BCUT2D eigenvalue weighted by atomic mass is 10.0. The van der Waals surface area contributed by atoms with E-state index in [2.05, 4.69) is 37.4 Å². The summed E-state index contributed by atoms with van der Waals surface area (Å²) in [7, 11) is 3.07. The molecule has 0 radical (unpaired) electrons. The molecule has 1 saturated heterocycles. The lowest BCUT2D eigenvalue weighted by Crippen LogP contribution is -2.49. The number of nitrogens with one attached hydrogen (secondary N) is 2. The van der Waals surface area contributed by atoms with Crippen LogP contribution in [0.5, 0.6) is 11.5 Å². The first kappa shape index (κ1) is 26.1. The zero-order valence-corrected chi connectivity index (χ0v) is 21.9. The van der Waals surface area contributed by atoms with E-state index in [0.29, 0.717) is 11.4 Å². The van der Waals surface area contributed by atoms with Crippen molar-refractivity contribution in [2.24, 2.45) is 0 Å². The predicted octanol–water partition coefficient (Wildman–Crippen LogP) is 4.41. The van der Waals surface area contributed by atoms with Gasteiger partial charge in [0.2, 0.25) is 0 Å². The van der Waals surface area contributed by atoms with Crippen LogP contribution in [-0.4, -0.2) is 60.8 Å². The minimum Gasteiger partial charge on any atom is -0.496 e.